The molecule has 18 aromatic rings. The summed E-state index contributed by atoms with van der Waals surface area (Å²) in [6.07, 6.45) is 8.37. The predicted octanol–water partition coefficient (Wildman–Crippen LogP) is 17.9. The van der Waals surface area contributed by atoms with Crippen LogP contribution < -0.4 is 0 Å². The maximum Gasteiger partial charge on any atom is 0.219 e. The van der Waals surface area contributed by atoms with Crippen LogP contribution in [0.3, 0.4) is 0 Å². The fraction of sp³-hybridized carbons (Fsp3) is 0. The van der Waals surface area contributed by atoms with Crippen LogP contribution in [0.15, 0.2) is 280 Å². The molecular weight excluding hydrogens is 977 g/mol. The zero-order valence-corrected chi connectivity index (χ0v) is 43.1. The Morgan fingerprint density at radius 2 is 0.625 bits per heavy atom. The van der Waals surface area contributed by atoms with Gasteiger partial charge in [0.25, 0.3) is 0 Å². The fourth-order valence-corrected chi connectivity index (χ4v) is 12.8. The smallest absolute Gasteiger partial charge is 0.219 e. The van der Waals surface area contributed by atoms with E-state index < -0.39 is 0 Å². The fourth-order valence-electron chi connectivity index (χ4n) is 12.8. The quantitative estimate of drug-likeness (QED) is 0.161. The molecule has 8 nitrogen and oxygen atoms in total. The van der Waals surface area contributed by atoms with Gasteiger partial charge in [0, 0.05) is 63.4 Å². The zero-order valence-electron chi connectivity index (χ0n) is 43.1. The molecule has 0 amide bonds. The number of rotatable bonds is 5. The lowest BCUT2D eigenvalue weighted by atomic mass is 9.92. The van der Waals surface area contributed by atoms with Crippen LogP contribution in [0.4, 0.5) is 0 Å². The molecule has 80 heavy (non-hydrogen) atoms. The molecule has 0 saturated carbocycles. The number of fused-ring (bicyclic) bond motifs is 18. The molecule has 0 saturated heterocycles. The molecule has 12 aromatic carbocycles. The van der Waals surface area contributed by atoms with Gasteiger partial charge in [-0.1, -0.05) is 158 Å². The molecule has 0 N–H and O–H groups in total. The standard InChI is InChI=1S/C39H25N5.C33H21N3/c1-5-16-34-29(12-1)30-13-2-6-17-35(30)44(34)28-20-21-37-32(25-28)31-14-3-7-18-36(31)43(37)27-11-9-10-26(24-27)41-22-23-42-38-19-8-4-15-33(38)40-39(41)42;1-2-12-27-25(10-1)26-11-3-4-13-28(26)30-21-23(16-17-29(27)30)22-8-7-9-24(20-22)35-18-19-36-32-15-6-5-14-31(32)34-33(35)36/h1-25H;1-21H. The number of hydrogen-bond acceptors (Lipinski definition) is 2. The summed E-state index contributed by atoms with van der Waals surface area (Å²) in [5, 5.41) is 12.8. The largest absolute Gasteiger partial charge is 0.309 e. The van der Waals surface area contributed by atoms with Gasteiger partial charge in [-0.3, -0.25) is 17.9 Å². The van der Waals surface area contributed by atoms with Crippen molar-refractivity contribution in [1.82, 2.24) is 37.0 Å². The highest BCUT2D eigenvalue weighted by Gasteiger charge is 2.19. The molecule has 0 fully saturated rings. The Balaban J connectivity index is 0.000000131. The van der Waals surface area contributed by atoms with Crippen LogP contribution in [0.2, 0.25) is 0 Å². The average molecular weight is 1020 g/mol. The van der Waals surface area contributed by atoms with Gasteiger partial charge in [-0.15, -0.1) is 0 Å². The lowest BCUT2D eigenvalue weighted by Crippen LogP contribution is -1.98. The van der Waals surface area contributed by atoms with Crippen LogP contribution in [0.1, 0.15) is 0 Å². The van der Waals surface area contributed by atoms with E-state index in [2.05, 4.69) is 295 Å². The maximum absolute atomic E-state index is 4.94. The molecule has 6 aromatic heterocycles. The number of imidazole rings is 4. The second-order valence-electron chi connectivity index (χ2n) is 20.7. The van der Waals surface area contributed by atoms with Crippen molar-refractivity contribution in [2.45, 2.75) is 0 Å². The van der Waals surface area contributed by atoms with E-state index in [1.165, 1.54) is 87.1 Å². The van der Waals surface area contributed by atoms with E-state index >= 15 is 0 Å². The first-order valence-corrected chi connectivity index (χ1v) is 27.1. The summed E-state index contributed by atoms with van der Waals surface area (Å²) in [4.78, 5) is 9.82. The van der Waals surface area contributed by atoms with E-state index in [1.54, 1.807) is 0 Å². The van der Waals surface area contributed by atoms with Crippen LogP contribution in [0, 0.1) is 0 Å². The Bertz CT molecular complexity index is 5430. The van der Waals surface area contributed by atoms with Gasteiger partial charge in [0.05, 0.1) is 49.8 Å². The molecule has 0 atom stereocenters. The third-order valence-corrected chi connectivity index (χ3v) is 16.4. The van der Waals surface area contributed by atoms with Crippen molar-refractivity contribution in [3.8, 4) is 33.9 Å². The summed E-state index contributed by atoms with van der Waals surface area (Å²) in [5.74, 6) is 1.82. The Labute approximate surface area is 457 Å². The highest BCUT2D eigenvalue weighted by Crippen LogP contribution is 2.40. The van der Waals surface area contributed by atoms with Crippen LogP contribution in [-0.2, 0) is 0 Å². The van der Waals surface area contributed by atoms with E-state index in [1.807, 2.05) is 12.1 Å². The number of aromatic nitrogens is 8. The topological polar surface area (TPSA) is 54.3 Å². The Morgan fingerprint density at radius 1 is 0.225 bits per heavy atom. The molecule has 0 spiro atoms. The molecule has 6 heterocycles. The van der Waals surface area contributed by atoms with Crippen molar-refractivity contribution >= 4 is 110 Å². The van der Waals surface area contributed by atoms with Crippen molar-refractivity contribution < 1.29 is 0 Å². The predicted molar refractivity (Wildman–Crippen MR) is 331 cm³/mol. The molecule has 0 radical (unpaired) electrons. The maximum atomic E-state index is 4.94. The third-order valence-electron chi connectivity index (χ3n) is 16.4. The van der Waals surface area contributed by atoms with Crippen molar-refractivity contribution in [3.63, 3.8) is 0 Å². The van der Waals surface area contributed by atoms with Crippen molar-refractivity contribution in [2.75, 3.05) is 0 Å². The van der Waals surface area contributed by atoms with Gasteiger partial charge in [0.15, 0.2) is 0 Å². The van der Waals surface area contributed by atoms with Crippen LogP contribution >= 0.6 is 0 Å². The summed E-state index contributed by atoms with van der Waals surface area (Å²) in [6.45, 7) is 0. The van der Waals surface area contributed by atoms with E-state index in [0.29, 0.717) is 0 Å². The zero-order chi connectivity index (χ0) is 52.4. The van der Waals surface area contributed by atoms with Gasteiger partial charge in [-0.25, -0.2) is 9.97 Å². The van der Waals surface area contributed by atoms with E-state index in [-0.39, 0.29) is 0 Å². The molecule has 8 heteroatoms. The molecule has 0 aliphatic rings. The van der Waals surface area contributed by atoms with Crippen LogP contribution in [0.25, 0.3) is 143 Å². The van der Waals surface area contributed by atoms with Crippen molar-refractivity contribution in [1.29, 1.82) is 0 Å². The molecule has 0 unspecified atom stereocenters. The lowest BCUT2D eigenvalue weighted by molar-refractivity contribution is 1.07. The van der Waals surface area contributed by atoms with Gasteiger partial charge < -0.3 is 9.13 Å². The highest BCUT2D eigenvalue weighted by molar-refractivity contribution is 6.26. The first-order chi connectivity index (χ1) is 39.7. The summed E-state index contributed by atoms with van der Waals surface area (Å²) in [5.41, 5.74) is 15.9. The van der Waals surface area contributed by atoms with Gasteiger partial charge in [0.1, 0.15) is 0 Å². The SMILES string of the molecule is c1cc(-c2ccc3c4ccccc4c4ccccc4c3c2)cc(-n2ccn3c4ccccc4nc23)c1.c1cc(-n2ccn3c4ccccc4nc23)cc(-n2c3ccccc3c3cc(-n4c5ccccc5c5ccccc54)ccc32)c1. The first kappa shape index (κ1) is 44.2. The van der Waals surface area contributed by atoms with Crippen LogP contribution in [-0.4, -0.2) is 37.0 Å². The second-order valence-corrected chi connectivity index (χ2v) is 20.7. The number of hydrogen-bond donors (Lipinski definition) is 0. The van der Waals surface area contributed by atoms with Gasteiger partial charge in [-0.05, 0) is 141 Å². The number of para-hydroxylation sites is 7. The minimum atomic E-state index is 0.904. The highest BCUT2D eigenvalue weighted by atomic mass is 15.2. The van der Waals surface area contributed by atoms with Crippen molar-refractivity contribution in [2.24, 2.45) is 0 Å². The van der Waals surface area contributed by atoms with Crippen LogP contribution in [0.5, 0.6) is 0 Å². The molecule has 18 rings (SSSR count). The normalized spacial score (nSPS) is 12.0. The number of benzene rings is 12. The Morgan fingerprint density at radius 3 is 1.19 bits per heavy atom. The summed E-state index contributed by atoms with van der Waals surface area (Å²) >= 11 is 0. The average Bonchev–Trinajstić information content (AvgIpc) is 4.42. The van der Waals surface area contributed by atoms with Gasteiger partial charge in [-0.2, -0.15) is 0 Å². The third kappa shape index (κ3) is 6.63. The van der Waals surface area contributed by atoms with E-state index in [9.17, 15) is 0 Å². The van der Waals surface area contributed by atoms with E-state index in [4.69, 9.17) is 9.97 Å². The minimum absolute atomic E-state index is 0.904. The molecule has 0 aliphatic carbocycles. The van der Waals surface area contributed by atoms with E-state index in [0.717, 1.165) is 56.4 Å². The summed E-state index contributed by atoms with van der Waals surface area (Å²) < 4.78 is 13.4. The van der Waals surface area contributed by atoms with Crippen molar-refractivity contribution in [3.05, 3.63) is 280 Å². The monoisotopic (exact) mass is 1020 g/mol. The minimum Gasteiger partial charge on any atom is -0.309 e. The Kier molecular flexibility index (Phi) is 9.54. The lowest BCUT2D eigenvalue weighted by Gasteiger charge is -2.12. The summed E-state index contributed by atoms with van der Waals surface area (Å²) in [7, 11) is 0. The molecule has 0 bridgehead atoms. The van der Waals surface area contributed by atoms with Gasteiger partial charge >= 0.3 is 0 Å². The molecule has 374 valence electrons. The number of nitrogens with zero attached hydrogens (tertiary/aromatic N) is 8. The second kappa shape index (κ2) is 17.3. The summed E-state index contributed by atoms with van der Waals surface area (Å²) in [6, 6.07) is 91.3. The Hall–Kier alpha value is -11.0. The molecule has 0 aliphatic heterocycles. The molecular formula is C72H46N8. The van der Waals surface area contributed by atoms with Gasteiger partial charge in [0.2, 0.25) is 11.6 Å². The first-order valence-electron chi connectivity index (χ1n) is 27.1.